The number of anilines is 1. The Hall–Kier alpha value is -2.62. The molecule has 1 aromatic carbocycles. The second-order valence-corrected chi connectivity index (χ2v) is 4.64. The molecule has 7 heteroatoms. The first-order valence-corrected chi connectivity index (χ1v) is 6.58. The Kier molecular flexibility index (Phi) is 5.67. The molecule has 7 nitrogen and oxygen atoms in total. The number of nitriles is 1. The summed E-state index contributed by atoms with van der Waals surface area (Å²) in [6.07, 6.45) is 0.235. The molecule has 21 heavy (non-hydrogen) atoms. The van der Waals surface area contributed by atoms with E-state index < -0.39 is 4.92 Å². The lowest BCUT2D eigenvalue weighted by molar-refractivity contribution is -0.384. The summed E-state index contributed by atoms with van der Waals surface area (Å²) in [5.74, 6) is -0.282. The molecule has 0 saturated carbocycles. The third-order valence-electron chi connectivity index (χ3n) is 3.20. The lowest BCUT2D eigenvalue weighted by Gasteiger charge is -2.25. The van der Waals surface area contributed by atoms with Crippen molar-refractivity contribution < 1.29 is 9.72 Å². The van der Waals surface area contributed by atoms with Crippen LogP contribution in [0.3, 0.4) is 0 Å². The molecule has 0 fully saturated rings. The van der Waals surface area contributed by atoms with Crippen molar-refractivity contribution in [1.29, 1.82) is 5.26 Å². The van der Waals surface area contributed by atoms with Gasteiger partial charge in [0.15, 0.2) is 0 Å². The molecule has 1 N–H and O–H groups in total. The fourth-order valence-corrected chi connectivity index (χ4v) is 1.87. The van der Waals surface area contributed by atoms with Crippen LogP contribution in [0, 0.1) is 21.4 Å². The molecule has 0 saturated heterocycles. The first kappa shape index (κ1) is 16.4. The maximum Gasteiger partial charge on any atom is 0.292 e. The summed E-state index contributed by atoms with van der Waals surface area (Å²) < 4.78 is 0. The van der Waals surface area contributed by atoms with Crippen molar-refractivity contribution in [2.75, 3.05) is 18.5 Å². The van der Waals surface area contributed by atoms with Crippen molar-refractivity contribution in [1.82, 2.24) is 5.32 Å². The highest BCUT2D eigenvalue weighted by Crippen LogP contribution is 2.30. The lowest BCUT2D eigenvalue weighted by Crippen LogP contribution is -2.29. The molecule has 0 aliphatic rings. The highest BCUT2D eigenvalue weighted by molar-refractivity contribution is 5.96. The normalized spacial score (nSPS) is 11.3. The van der Waals surface area contributed by atoms with Crippen LogP contribution in [0.4, 0.5) is 11.4 Å². The van der Waals surface area contributed by atoms with Gasteiger partial charge in [0.25, 0.3) is 11.6 Å². The number of hydrogen-bond acceptors (Lipinski definition) is 5. The number of amides is 1. The quantitative estimate of drug-likeness (QED) is 0.638. The van der Waals surface area contributed by atoms with Crippen LogP contribution in [0.15, 0.2) is 18.2 Å². The van der Waals surface area contributed by atoms with Gasteiger partial charge in [0.2, 0.25) is 0 Å². The fourth-order valence-electron chi connectivity index (χ4n) is 1.87. The summed E-state index contributed by atoms with van der Waals surface area (Å²) in [7, 11) is 1.67. The molecule has 112 valence electrons. The van der Waals surface area contributed by atoms with E-state index in [0.717, 1.165) is 0 Å². The Bertz CT molecular complexity index is 580. The maximum atomic E-state index is 11.8. The molecule has 1 unspecified atom stereocenters. The van der Waals surface area contributed by atoms with Gasteiger partial charge in [0, 0.05) is 31.3 Å². The third kappa shape index (κ3) is 3.92. The van der Waals surface area contributed by atoms with Crippen LogP contribution in [-0.4, -0.2) is 30.5 Å². The molecular weight excluding hydrogens is 272 g/mol. The predicted molar refractivity (Wildman–Crippen MR) is 79.2 cm³/mol. The minimum absolute atomic E-state index is 0.0876. The lowest BCUT2D eigenvalue weighted by atomic mass is 10.1. The molecule has 0 radical (unpaired) electrons. The number of carbonyl (C=O) groups is 1. The molecule has 0 aliphatic heterocycles. The number of nitrogens with zero attached hydrogens (tertiary/aromatic N) is 3. The number of hydrogen-bond donors (Lipinski definition) is 1. The van der Waals surface area contributed by atoms with Crippen LogP contribution >= 0.6 is 0 Å². The number of nitro groups is 1. The Morgan fingerprint density at radius 1 is 1.57 bits per heavy atom. The Morgan fingerprint density at radius 2 is 2.24 bits per heavy atom. The van der Waals surface area contributed by atoms with Gasteiger partial charge in [-0.15, -0.1) is 0 Å². The van der Waals surface area contributed by atoms with Gasteiger partial charge >= 0.3 is 0 Å². The molecule has 1 atom stereocenters. The zero-order chi connectivity index (χ0) is 16.0. The topological polar surface area (TPSA) is 99.3 Å². The van der Waals surface area contributed by atoms with Crippen molar-refractivity contribution in [2.24, 2.45) is 0 Å². The molecule has 0 bridgehead atoms. The second-order valence-electron chi connectivity index (χ2n) is 4.64. The summed E-state index contributed by atoms with van der Waals surface area (Å²) >= 11 is 0. The van der Waals surface area contributed by atoms with E-state index >= 15 is 0 Å². The van der Waals surface area contributed by atoms with E-state index in [1.54, 1.807) is 25.8 Å². The molecule has 1 amide bonds. The van der Waals surface area contributed by atoms with Crippen molar-refractivity contribution >= 4 is 17.3 Å². The van der Waals surface area contributed by atoms with Crippen LogP contribution in [-0.2, 0) is 0 Å². The van der Waals surface area contributed by atoms with Crippen LogP contribution in [0.1, 0.15) is 30.6 Å². The van der Waals surface area contributed by atoms with E-state index in [9.17, 15) is 14.9 Å². The standard InChI is InChI=1S/C14H18N4O3/c1-4-16-14(19)11-5-6-12(18(20)21)13(9-11)17(3)10(2)7-8-15/h5-6,9-10H,4,7H2,1-3H3,(H,16,19). The minimum Gasteiger partial charge on any atom is -0.365 e. The Balaban J connectivity index is 3.25. The van der Waals surface area contributed by atoms with E-state index in [-0.39, 0.29) is 24.1 Å². The summed E-state index contributed by atoms with van der Waals surface area (Å²) in [4.78, 5) is 24.1. The van der Waals surface area contributed by atoms with Gasteiger partial charge in [-0.05, 0) is 26.0 Å². The SMILES string of the molecule is CCNC(=O)c1ccc([N+](=O)[O-])c(N(C)C(C)CC#N)c1. The maximum absolute atomic E-state index is 11.8. The largest absolute Gasteiger partial charge is 0.365 e. The van der Waals surface area contributed by atoms with Crippen molar-refractivity contribution in [3.05, 3.63) is 33.9 Å². The predicted octanol–water partition coefficient (Wildman–Crippen LogP) is 2.08. The zero-order valence-corrected chi connectivity index (χ0v) is 12.3. The molecular formula is C14H18N4O3. The average Bonchev–Trinajstić information content (AvgIpc) is 2.46. The van der Waals surface area contributed by atoms with Gasteiger partial charge in [-0.2, -0.15) is 5.26 Å². The van der Waals surface area contributed by atoms with Gasteiger partial charge in [-0.1, -0.05) is 0 Å². The van der Waals surface area contributed by atoms with Gasteiger partial charge in [-0.25, -0.2) is 0 Å². The zero-order valence-electron chi connectivity index (χ0n) is 12.3. The highest BCUT2D eigenvalue weighted by atomic mass is 16.6. The molecule has 0 aliphatic carbocycles. The minimum atomic E-state index is -0.494. The van der Waals surface area contributed by atoms with Gasteiger partial charge < -0.3 is 10.2 Å². The Labute approximate surface area is 123 Å². The van der Waals surface area contributed by atoms with Crippen molar-refractivity contribution in [2.45, 2.75) is 26.3 Å². The third-order valence-corrected chi connectivity index (χ3v) is 3.20. The summed E-state index contributed by atoms with van der Waals surface area (Å²) in [5, 5.41) is 22.5. The van der Waals surface area contributed by atoms with E-state index in [2.05, 4.69) is 5.32 Å². The van der Waals surface area contributed by atoms with Crippen LogP contribution in [0.2, 0.25) is 0 Å². The Morgan fingerprint density at radius 3 is 2.76 bits per heavy atom. The fraction of sp³-hybridized carbons (Fsp3) is 0.429. The first-order valence-electron chi connectivity index (χ1n) is 6.58. The van der Waals surface area contributed by atoms with Gasteiger partial charge in [-0.3, -0.25) is 14.9 Å². The van der Waals surface area contributed by atoms with Crippen molar-refractivity contribution in [3.8, 4) is 6.07 Å². The second kappa shape index (κ2) is 7.24. The summed E-state index contributed by atoms with van der Waals surface area (Å²) in [6, 6.07) is 6.06. The molecule has 0 spiro atoms. The number of rotatable bonds is 6. The average molecular weight is 290 g/mol. The van der Waals surface area contributed by atoms with Gasteiger partial charge in [0.1, 0.15) is 5.69 Å². The molecule has 0 heterocycles. The summed E-state index contributed by atoms with van der Waals surface area (Å²) in [5.41, 5.74) is 0.593. The smallest absolute Gasteiger partial charge is 0.292 e. The van der Waals surface area contributed by atoms with E-state index in [1.165, 1.54) is 18.2 Å². The van der Waals surface area contributed by atoms with E-state index in [0.29, 0.717) is 17.8 Å². The number of nitrogens with one attached hydrogen (secondary N) is 1. The monoisotopic (exact) mass is 290 g/mol. The number of nitro benzene ring substituents is 1. The number of benzene rings is 1. The molecule has 1 rings (SSSR count). The molecule has 0 aromatic heterocycles. The first-order chi connectivity index (χ1) is 9.92. The van der Waals surface area contributed by atoms with E-state index in [4.69, 9.17) is 5.26 Å². The van der Waals surface area contributed by atoms with Crippen molar-refractivity contribution in [3.63, 3.8) is 0 Å². The van der Waals surface area contributed by atoms with Crippen LogP contribution in [0.5, 0.6) is 0 Å². The van der Waals surface area contributed by atoms with E-state index in [1.807, 2.05) is 6.07 Å². The summed E-state index contributed by atoms with van der Waals surface area (Å²) in [6.45, 7) is 4.07. The number of carbonyl (C=O) groups excluding carboxylic acids is 1. The highest BCUT2D eigenvalue weighted by Gasteiger charge is 2.22. The van der Waals surface area contributed by atoms with Crippen LogP contribution in [0.25, 0.3) is 0 Å². The van der Waals surface area contributed by atoms with Gasteiger partial charge in [0.05, 0.1) is 17.4 Å². The molecule has 1 aromatic rings. The van der Waals surface area contributed by atoms with Crippen LogP contribution < -0.4 is 10.2 Å².